The lowest BCUT2D eigenvalue weighted by molar-refractivity contribution is -0.0771. The van der Waals surface area contributed by atoms with Crippen LogP contribution in [0.2, 0.25) is 0 Å². The topological polar surface area (TPSA) is 81.7 Å². The van der Waals surface area contributed by atoms with Gasteiger partial charge in [0.1, 0.15) is 12.7 Å². The van der Waals surface area contributed by atoms with Crippen molar-refractivity contribution in [2.75, 3.05) is 79.3 Å². The molecule has 3 aromatic rings. The summed E-state index contributed by atoms with van der Waals surface area (Å²) in [5, 5.41) is 3.70. The van der Waals surface area contributed by atoms with E-state index in [9.17, 15) is 4.79 Å². The van der Waals surface area contributed by atoms with Crippen LogP contribution in [-0.4, -0.2) is 91.4 Å². The number of carbonyl (C=O) groups excluding carboxylic acids is 1. The Kier molecular flexibility index (Phi) is 10.9. The molecule has 1 saturated heterocycles. The van der Waals surface area contributed by atoms with Crippen LogP contribution in [-0.2, 0) is 33.2 Å². The normalized spacial score (nSPS) is 19.9. The molecule has 0 saturated carbocycles. The van der Waals surface area contributed by atoms with Gasteiger partial charge in [0.15, 0.2) is 0 Å². The largest absolute Gasteiger partial charge is 0.459 e. The number of ether oxygens (including phenoxy) is 7. The Morgan fingerprint density at radius 1 is 0.667 bits per heavy atom. The minimum atomic E-state index is -0.433. The molecule has 0 aliphatic carbocycles. The molecule has 1 aliphatic heterocycles. The molecule has 3 aromatic carbocycles. The van der Waals surface area contributed by atoms with Gasteiger partial charge in [-0.25, -0.2) is 4.79 Å². The van der Waals surface area contributed by atoms with Gasteiger partial charge < -0.3 is 33.2 Å². The predicted molar refractivity (Wildman–Crippen MR) is 136 cm³/mol. The molecule has 8 heteroatoms. The maximum absolute atomic E-state index is 13.3. The summed E-state index contributed by atoms with van der Waals surface area (Å²) in [7, 11) is 0. The smallest absolute Gasteiger partial charge is 0.339 e. The van der Waals surface area contributed by atoms with E-state index in [1.807, 2.05) is 48.5 Å². The minimum absolute atomic E-state index is 0.0637. The van der Waals surface area contributed by atoms with E-state index in [4.69, 9.17) is 33.2 Å². The summed E-state index contributed by atoms with van der Waals surface area (Å²) < 4.78 is 39.4. The Labute approximate surface area is 211 Å². The first-order valence-corrected chi connectivity index (χ1v) is 12.4. The second kappa shape index (κ2) is 14.8. The molecule has 0 aromatic heterocycles. The van der Waals surface area contributed by atoms with Gasteiger partial charge in [0.2, 0.25) is 0 Å². The summed E-state index contributed by atoms with van der Waals surface area (Å²) in [6, 6.07) is 17.8. The molecular formula is C28H34O8. The maximum atomic E-state index is 13.3. The highest BCUT2D eigenvalue weighted by Gasteiger charge is 2.19. The lowest BCUT2D eigenvalue weighted by Gasteiger charge is -2.19. The molecule has 8 nitrogen and oxygen atoms in total. The van der Waals surface area contributed by atoms with Crippen LogP contribution in [0.3, 0.4) is 0 Å². The van der Waals surface area contributed by atoms with E-state index < -0.39 is 6.10 Å². The molecule has 1 aliphatic rings. The van der Waals surface area contributed by atoms with E-state index in [0.717, 1.165) is 21.5 Å². The Balaban J connectivity index is 1.38. The summed E-state index contributed by atoms with van der Waals surface area (Å²) in [5.41, 5.74) is 0.559. The first kappa shape index (κ1) is 26.5. The Morgan fingerprint density at radius 3 is 1.69 bits per heavy atom. The highest BCUT2D eigenvalue weighted by atomic mass is 16.6. The third kappa shape index (κ3) is 7.96. The van der Waals surface area contributed by atoms with E-state index >= 15 is 0 Å². The van der Waals surface area contributed by atoms with Gasteiger partial charge in [0.25, 0.3) is 0 Å². The lowest BCUT2D eigenvalue weighted by Crippen LogP contribution is -2.29. The van der Waals surface area contributed by atoms with E-state index in [1.54, 1.807) is 0 Å². The highest BCUT2D eigenvalue weighted by Crippen LogP contribution is 2.29. The van der Waals surface area contributed by atoms with E-state index in [0.29, 0.717) is 71.6 Å². The van der Waals surface area contributed by atoms with Crippen molar-refractivity contribution in [3.8, 4) is 0 Å². The van der Waals surface area contributed by atoms with Crippen LogP contribution in [0.4, 0.5) is 0 Å². The van der Waals surface area contributed by atoms with Gasteiger partial charge in [-0.1, -0.05) is 48.5 Å². The van der Waals surface area contributed by atoms with E-state index in [1.165, 1.54) is 0 Å². The second-order valence-corrected chi connectivity index (χ2v) is 8.31. The number of hydrogen-bond donors (Lipinski definition) is 0. The van der Waals surface area contributed by atoms with E-state index in [2.05, 4.69) is 6.07 Å². The molecule has 0 N–H and O–H groups in total. The first-order valence-electron chi connectivity index (χ1n) is 12.4. The quantitative estimate of drug-likeness (QED) is 0.400. The van der Waals surface area contributed by atoms with Crippen LogP contribution in [0.1, 0.15) is 10.4 Å². The molecule has 1 heterocycles. The average molecular weight is 499 g/mol. The SMILES string of the molecule is O=C(OCC1COCCOCCOCCOCCOCCO1)c1c2ccccc2cc2ccccc12. The third-order valence-corrected chi connectivity index (χ3v) is 5.75. The first-order chi connectivity index (χ1) is 17.8. The summed E-state index contributed by atoms with van der Waals surface area (Å²) >= 11 is 0. The molecule has 0 radical (unpaired) electrons. The number of carbonyl (C=O) groups is 1. The number of hydrogen-bond acceptors (Lipinski definition) is 8. The third-order valence-electron chi connectivity index (χ3n) is 5.75. The van der Waals surface area contributed by atoms with Gasteiger partial charge in [-0.2, -0.15) is 0 Å². The molecule has 0 spiro atoms. The zero-order valence-corrected chi connectivity index (χ0v) is 20.5. The van der Waals surface area contributed by atoms with Crippen LogP contribution in [0.25, 0.3) is 21.5 Å². The molecular weight excluding hydrogens is 464 g/mol. The average Bonchev–Trinajstić information content (AvgIpc) is 2.90. The van der Waals surface area contributed by atoms with Crippen LogP contribution in [0.5, 0.6) is 0 Å². The molecule has 0 bridgehead atoms. The number of benzene rings is 3. The number of rotatable bonds is 3. The van der Waals surface area contributed by atoms with Gasteiger partial charge in [-0.15, -0.1) is 0 Å². The fraction of sp³-hybridized carbons (Fsp3) is 0.464. The molecule has 1 unspecified atom stereocenters. The summed E-state index contributed by atoms with van der Waals surface area (Å²) in [6.45, 7) is 4.93. The minimum Gasteiger partial charge on any atom is -0.459 e. The van der Waals surface area contributed by atoms with Crippen molar-refractivity contribution >= 4 is 27.5 Å². The summed E-state index contributed by atoms with van der Waals surface area (Å²) in [5.74, 6) is -0.386. The fourth-order valence-electron chi connectivity index (χ4n) is 3.99. The zero-order valence-electron chi connectivity index (χ0n) is 20.5. The van der Waals surface area contributed by atoms with Crippen LogP contribution < -0.4 is 0 Å². The van der Waals surface area contributed by atoms with Crippen molar-refractivity contribution in [3.63, 3.8) is 0 Å². The Hall–Kier alpha value is -2.59. The molecule has 1 fully saturated rings. The molecule has 4 rings (SSSR count). The zero-order chi connectivity index (χ0) is 24.8. The molecule has 36 heavy (non-hydrogen) atoms. The van der Waals surface area contributed by atoms with Crippen LogP contribution >= 0.6 is 0 Å². The van der Waals surface area contributed by atoms with Gasteiger partial charge in [-0.05, 0) is 27.6 Å². The van der Waals surface area contributed by atoms with Crippen molar-refractivity contribution < 1.29 is 38.0 Å². The van der Waals surface area contributed by atoms with Crippen molar-refractivity contribution in [1.82, 2.24) is 0 Å². The fourth-order valence-corrected chi connectivity index (χ4v) is 3.99. The van der Waals surface area contributed by atoms with Crippen molar-refractivity contribution in [1.29, 1.82) is 0 Å². The maximum Gasteiger partial charge on any atom is 0.339 e. The number of esters is 1. The highest BCUT2D eigenvalue weighted by molar-refractivity contribution is 6.16. The van der Waals surface area contributed by atoms with Crippen molar-refractivity contribution in [3.05, 3.63) is 60.2 Å². The van der Waals surface area contributed by atoms with Gasteiger partial charge >= 0.3 is 5.97 Å². The molecule has 1 atom stereocenters. The van der Waals surface area contributed by atoms with Crippen LogP contribution in [0.15, 0.2) is 54.6 Å². The van der Waals surface area contributed by atoms with Crippen molar-refractivity contribution in [2.45, 2.75) is 6.10 Å². The van der Waals surface area contributed by atoms with Gasteiger partial charge in [0, 0.05) is 0 Å². The Bertz CT molecular complexity index is 1010. The lowest BCUT2D eigenvalue weighted by atomic mass is 9.97. The molecule has 194 valence electrons. The second-order valence-electron chi connectivity index (χ2n) is 8.31. The molecule has 0 amide bonds. The van der Waals surface area contributed by atoms with Gasteiger partial charge in [0.05, 0.1) is 78.2 Å². The van der Waals surface area contributed by atoms with Crippen LogP contribution in [0, 0.1) is 0 Å². The summed E-state index contributed by atoms with van der Waals surface area (Å²) in [6.07, 6.45) is -0.433. The van der Waals surface area contributed by atoms with Crippen molar-refractivity contribution in [2.24, 2.45) is 0 Å². The predicted octanol–water partition coefficient (Wildman–Crippen LogP) is 3.63. The Morgan fingerprint density at radius 2 is 1.14 bits per heavy atom. The number of fused-ring (bicyclic) bond motifs is 2. The standard InChI is InChI=1S/C28H34O8/c29-28(27-25-7-3-1-5-22(25)19-23-6-2-4-8-26(23)27)36-21-24-20-34-16-15-32-12-11-30-9-10-31-13-14-33-17-18-35-24/h1-8,19,24H,9-18,20-21H2. The summed E-state index contributed by atoms with van der Waals surface area (Å²) in [4.78, 5) is 13.3. The monoisotopic (exact) mass is 498 g/mol. The van der Waals surface area contributed by atoms with E-state index in [-0.39, 0.29) is 19.2 Å². The van der Waals surface area contributed by atoms with Gasteiger partial charge in [-0.3, -0.25) is 0 Å².